The van der Waals surface area contributed by atoms with Crippen molar-refractivity contribution in [3.8, 4) is 0 Å². The minimum atomic E-state index is -0.0431. The first-order valence-corrected chi connectivity index (χ1v) is 6.64. The Bertz CT molecular complexity index is 534. The van der Waals surface area contributed by atoms with Gasteiger partial charge in [0, 0.05) is 0 Å². The van der Waals surface area contributed by atoms with Crippen molar-refractivity contribution in [3.05, 3.63) is 46.8 Å². The number of nitrogens with zero attached hydrogens (tertiary/aromatic N) is 3. The highest BCUT2D eigenvalue weighted by molar-refractivity contribution is 6.20. The predicted molar refractivity (Wildman–Crippen MR) is 73.9 cm³/mol. The van der Waals surface area contributed by atoms with Crippen molar-refractivity contribution < 1.29 is 0 Å². The third-order valence-electron chi connectivity index (χ3n) is 3.15. The molecule has 3 nitrogen and oxygen atoms in total. The predicted octanol–water partition coefficient (Wildman–Crippen LogP) is 3.63. The van der Waals surface area contributed by atoms with Gasteiger partial charge in [-0.2, -0.15) is 0 Å². The highest BCUT2D eigenvalue weighted by atomic mass is 35.5. The second-order valence-corrected chi connectivity index (χ2v) is 5.16. The molecule has 0 aliphatic rings. The van der Waals surface area contributed by atoms with Gasteiger partial charge in [-0.3, -0.25) is 0 Å². The van der Waals surface area contributed by atoms with Crippen LogP contribution in [-0.2, 0) is 6.54 Å². The molecule has 1 heterocycles. The lowest BCUT2D eigenvalue weighted by atomic mass is 10.1. The van der Waals surface area contributed by atoms with Gasteiger partial charge in [-0.15, -0.1) is 16.7 Å². The zero-order valence-electron chi connectivity index (χ0n) is 11.0. The average Bonchev–Trinajstić information content (AvgIpc) is 2.81. The summed E-state index contributed by atoms with van der Waals surface area (Å²) in [7, 11) is 0. The topological polar surface area (TPSA) is 30.7 Å². The van der Waals surface area contributed by atoms with Crippen molar-refractivity contribution in [2.75, 3.05) is 0 Å². The Morgan fingerprint density at radius 1 is 1.28 bits per heavy atom. The van der Waals surface area contributed by atoms with Gasteiger partial charge in [0.05, 0.1) is 18.1 Å². The fourth-order valence-corrected chi connectivity index (χ4v) is 1.93. The minimum Gasteiger partial charge on any atom is -0.248 e. The fourth-order valence-electron chi connectivity index (χ4n) is 1.83. The molecule has 1 aromatic heterocycles. The van der Waals surface area contributed by atoms with Gasteiger partial charge in [0.15, 0.2) is 0 Å². The van der Waals surface area contributed by atoms with Gasteiger partial charge in [0.25, 0.3) is 0 Å². The summed E-state index contributed by atoms with van der Waals surface area (Å²) in [6, 6.07) is 6.45. The summed E-state index contributed by atoms with van der Waals surface area (Å²) < 4.78 is 1.84. The zero-order chi connectivity index (χ0) is 13.1. The van der Waals surface area contributed by atoms with Gasteiger partial charge in [0.1, 0.15) is 5.69 Å². The normalized spacial score (nSPS) is 12.7. The first-order chi connectivity index (χ1) is 8.60. The number of hydrogen-bond donors (Lipinski definition) is 0. The van der Waals surface area contributed by atoms with E-state index >= 15 is 0 Å². The Kier molecular flexibility index (Phi) is 4.02. The molecule has 0 radical (unpaired) electrons. The number of halogens is 1. The first-order valence-electron chi connectivity index (χ1n) is 6.20. The van der Waals surface area contributed by atoms with Crippen LogP contribution in [-0.4, -0.2) is 15.0 Å². The maximum atomic E-state index is 6.14. The van der Waals surface area contributed by atoms with E-state index in [-0.39, 0.29) is 5.38 Å². The van der Waals surface area contributed by atoms with E-state index in [2.05, 4.69) is 42.4 Å². The van der Waals surface area contributed by atoms with Crippen LogP contribution in [0.4, 0.5) is 0 Å². The van der Waals surface area contributed by atoms with Gasteiger partial charge >= 0.3 is 0 Å². The molecule has 2 aromatic rings. The van der Waals surface area contributed by atoms with E-state index in [1.54, 1.807) is 0 Å². The van der Waals surface area contributed by atoms with Gasteiger partial charge < -0.3 is 0 Å². The molecule has 1 atom stereocenters. The smallest absolute Gasteiger partial charge is 0.101 e. The lowest BCUT2D eigenvalue weighted by molar-refractivity contribution is 0.648. The standard InChI is InChI=1S/C14H18ClN3/c1-4-13(15)14-9-18(17-16-14)8-12-6-5-10(2)11(3)7-12/h5-7,9,13H,4,8H2,1-3H3. The Labute approximate surface area is 113 Å². The summed E-state index contributed by atoms with van der Waals surface area (Å²) >= 11 is 6.14. The van der Waals surface area contributed by atoms with Crippen molar-refractivity contribution in [3.63, 3.8) is 0 Å². The van der Waals surface area contributed by atoms with Gasteiger partial charge in [-0.25, -0.2) is 4.68 Å². The molecule has 0 N–H and O–H groups in total. The highest BCUT2D eigenvalue weighted by Gasteiger charge is 2.10. The van der Waals surface area contributed by atoms with Crippen LogP contribution in [0.2, 0.25) is 0 Å². The third-order valence-corrected chi connectivity index (χ3v) is 3.68. The summed E-state index contributed by atoms with van der Waals surface area (Å²) in [4.78, 5) is 0. The lowest BCUT2D eigenvalue weighted by Crippen LogP contribution is -2.01. The summed E-state index contributed by atoms with van der Waals surface area (Å²) in [5.41, 5.74) is 4.70. The molecular formula is C14H18ClN3. The van der Waals surface area contributed by atoms with E-state index in [0.29, 0.717) is 0 Å². The Hall–Kier alpha value is -1.35. The molecular weight excluding hydrogens is 246 g/mol. The lowest BCUT2D eigenvalue weighted by Gasteiger charge is -2.05. The summed E-state index contributed by atoms with van der Waals surface area (Å²) in [6.45, 7) is 7.02. The maximum absolute atomic E-state index is 6.14. The summed E-state index contributed by atoms with van der Waals surface area (Å²) in [5.74, 6) is 0. The van der Waals surface area contributed by atoms with E-state index in [1.165, 1.54) is 16.7 Å². The fraction of sp³-hybridized carbons (Fsp3) is 0.429. The van der Waals surface area contributed by atoms with Crippen LogP contribution < -0.4 is 0 Å². The summed E-state index contributed by atoms with van der Waals surface area (Å²) in [5, 5.41) is 8.18. The molecule has 0 aliphatic heterocycles. The summed E-state index contributed by atoms with van der Waals surface area (Å²) in [6.07, 6.45) is 2.79. The molecule has 0 saturated heterocycles. The minimum absolute atomic E-state index is 0.0431. The number of aryl methyl sites for hydroxylation is 2. The molecule has 96 valence electrons. The number of benzene rings is 1. The Morgan fingerprint density at radius 2 is 2.06 bits per heavy atom. The van der Waals surface area contributed by atoms with E-state index < -0.39 is 0 Å². The van der Waals surface area contributed by atoms with Crippen LogP contribution in [0.25, 0.3) is 0 Å². The van der Waals surface area contributed by atoms with E-state index in [1.807, 2.05) is 17.8 Å². The van der Waals surface area contributed by atoms with Crippen molar-refractivity contribution in [1.82, 2.24) is 15.0 Å². The second kappa shape index (κ2) is 5.53. The number of alkyl halides is 1. The maximum Gasteiger partial charge on any atom is 0.101 e. The molecule has 0 amide bonds. The van der Waals surface area contributed by atoms with Crippen molar-refractivity contribution in [2.24, 2.45) is 0 Å². The highest BCUT2D eigenvalue weighted by Crippen LogP contribution is 2.21. The Balaban J connectivity index is 2.13. The molecule has 4 heteroatoms. The number of aromatic nitrogens is 3. The molecule has 0 bridgehead atoms. The molecule has 1 aromatic carbocycles. The average molecular weight is 264 g/mol. The van der Waals surface area contributed by atoms with Crippen molar-refractivity contribution in [2.45, 2.75) is 39.1 Å². The molecule has 0 aliphatic carbocycles. The van der Waals surface area contributed by atoms with E-state index in [9.17, 15) is 0 Å². The van der Waals surface area contributed by atoms with Crippen molar-refractivity contribution in [1.29, 1.82) is 0 Å². The van der Waals surface area contributed by atoms with Crippen LogP contribution in [0.5, 0.6) is 0 Å². The van der Waals surface area contributed by atoms with Gasteiger partial charge in [-0.1, -0.05) is 30.3 Å². The third kappa shape index (κ3) is 2.91. The van der Waals surface area contributed by atoms with Crippen molar-refractivity contribution >= 4 is 11.6 Å². The molecule has 1 unspecified atom stereocenters. The van der Waals surface area contributed by atoms with Gasteiger partial charge in [-0.05, 0) is 37.0 Å². The molecule has 2 rings (SSSR count). The monoisotopic (exact) mass is 263 g/mol. The quantitative estimate of drug-likeness (QED) is 0.789. The van der Waals surface area contributed by atoms with Crippen LogP contribution in [0.3, 0.4) is 0 Å². The van der Waals surface area contributed by atoms with E-state index in [4.69, 9.17) is 11.6 Å². The van der Waals surface area contributed by atoms with E-state index in [0.717, 1.165) is 18.7 Å². The molecule has 0 fully saturated rings. The van der Waals surface area contributed by atoms with Gasteiger partial charge in [0.2, 0.25) is 0 Å². The van der Waals surface area contributed by atoms with Crippen LogP contribution in [0.15, 0.2) is 24.4 Å². The second-order valence-electron chi connectivity index (χ2n) is 4.64. The molecule has 0 saturated carbocycles. The molecule has 18 heavy (non-hydrogen) atoms. The zero-order valence-corrected chi connectivity index (χ0v) is 11.8. The number of rotatable bonds is 4. The Morgan fingerprint density at radius 3 is 2.72 bits per heavy atom. The number of hydrogen-bond acceptors (Lipinski definition) is 2. The van der Waals surface area contributed by atoms with Crippen LogP contribution in [0.1, 0.15) is 41.1 Å². The van der Waals surface area contributed by atoms with Crippen LogP contribution >= 0.6 is 11.6 Å². The first kappa shape index (κ1) is 13.1. The molecule has 0 spiro atoms. The SMILES string of the molecule is CCC(Cl)c1cn(Cc2ccc(C)c(C)c2)nn1. The largest absolute Gasteiger partial charge is 0.248 e. The van der Waals surface area contributed by atoms with Crippen LogP contribution in [0, 0.1) is 13.8 Å².